The summed E-state index contributed by atoms with van der Waals surface area (Å²) >= 11 is 1.84. The van der Waals surface area contributed by atoms with E-state index in [2.05, 4.69) is 111 Å². The highest BCUT2D eigenvalue weighted by Crippen LogP contribution is 2.36. The van der Waals surface area contributed by atoms with Gasteiger partial charge in [-0.05, 0) is 87.8 Å². The van der Waals surface area contributed by atoms with E-state index in [1.54, 1.807) is 0 Å². The van der Waals surface area contributed by atoms with Crippen LogP contribution in [0.5, 0.6) is 0 Å². The van der Waals surface area contributed by atoms with Crippen molar-refractivity contribution in [1.29, 1.82) is 0 Å². The van der Waals surface area contributed by atoms with Gasteiger partial charge in [-0.25, -0.2) is 0 Å². The van der Waals surface area contributed by atoms with Crippen LogP contribution < -0.4 is 5.32 Å². The Morgan fingerprint density at radius 3 is 2.41 bits per heavy atom. The normalized spacial score (nSPS) is 12.5. The van der Waals surface area contributed by atoms with Gasteiger partial charge in [0, 0.05) is 27.1 Å². The van der Waals surface area contributed by atoms with Gasteiger partial charge in [0.25, 0.3) is 0 Å². The molecule has 0 aliphatic carbocycles. The van der Waals surface area contributed by atoms with Gasteiger partial charge in [-0.15, -0.1) is 16.4 Å². The lowest BCUT2D eigenvalue weighted by atomic mass is 10.0. The van der Waals surface area contributed by atoms with E-state index in [4.69, 9.17) is 0 Å². The number of thiophene rings is 1. The maximum Gasteiger partial charge on any atom is 0.157 e. The molecule has 4 aromatic rings. The van der Waals surface area contributed by atoms with Crippen molar-refractivity contribution in [1.82, 2.24) is 15.1 Å². The minimum absolute atomic E-state index is 0.140. The fourth-order valence-electron chi connectivity index (χ4n) is 4.08. The zero-order valence-electron chi connectivity index (χ0n) is 19.9. The molecule has 0 fully saturated rings. The van der Waals surface area contributed by atoms with E-state index in [9.17, 15) is 0 Å². The van der Waals surface area contributed by atoms with Crippen LogP contribution in [0.3, 0.4) is 0 Å². The molecule has 32 heavy (non-hydrogen) atoms. The summed E-state index contributed by atoms with van der Waals surface area (Å²) in [6, 6.07) is 17.8. The molecule has 2 aromatic heterocycles. The van der Waals surface area contributed by atoms with Gasteiger partial charge in [-0.3, -0.25) is 0 Å². The molecule has 0 bridgehead atoms. The molecular weight excluding hydrogens is 412 g/mol. The SMILES string of the molecule is CCc1nnc(NC(C)c2ccc(-c3ccccc3CN(C)C)s2)c2cc(C)c(C)cc12. The molecular formula is C27H32N4S. The van der Waals surface area contributed by atoms with Crippen LogP contribution in [0, 0.1) is 13.8 Å². The summed E-state index contributed by atoms with van der Waals surface area (Å²) in [5.41, 5.74) is 6.28. The third-order valence-electron chi connectivity index (χ3n) is 5.98. The number of benzene rings is 2. The minimum Gasteiger partial charge on any atom is -0.361 e. The Hall–Kier alpha value is -2.76. The monoisotopic (exact) mass is 444 g/mol. The lowest BCUT2D eigenvalue weighted by Crippen LogP contribution is -2.11. The van der Waals surface area contributed by atoms with Gasteiger partial charge in [0.15, 0.2) is 5.82 Å². The summed E-state index contributed by atoms with van der Waals surface area (Å²) < 4.78 is 0. The van der Waals surface area contributed by atoms with Crippen LogP contribution in [0.4, 0.5) is 5.82 Å². The molecule has 0 amide bonds. The molecule has 4 nitrogen and oxygen atoms in total. The molecule has 4 rings (SSSR count). The number of aryl methyl sites for hydroxylation is 3. The van der Waals surface area contributed by atoms with Crippen molar-refractivity contribution in [2.24, 2.45) is 0 Å². The number of fused-ring (bicyclic) bond motifs is 1. The van der Waals surface area contributed by atoms with E-state index in [0.29, 0.717) is 0 Å². The summed E-state index contributed by atoms with van der Waals surface area (Å²) in [7, 11) is 4.22. The molecule has 0 radical (unpaired) electrons. The molecule has 1 atom stereocenters. The Balaban J connectivity index is 1.64. The van der Waals surface area contributed by atoms with Crippen molar-refractivity contribution in [2.75, 3.05) is 19.4 Å². The van der Waals surface area contributed by atoms with E-state index in [0.717, 1.165) is 29.9 Å². The van der Waals surface area contributed by atoms with E-state index in [-0.39, 0.29) is 6.04 Å². The molecule has 0 aliphatic rings. The second kappa shape index (κ2) is 9.39. The Kier molecular flexibility index (Phi) is 6.58. The highest BCUT2D eigenvalue weighted by Gasteiger charge is 2.16. The summed E-state index contributed by atoms with van der Waals surface area (Å²) in [6.45, 7) is 9.58. The third-order valence-corrected chi connectivity index (χ3v) is 7.28. The van der Waals surface area contributed by atoms with Crippen molar-refractivity contribution < 1.29 is 0 Å². The number of rotatable bonds is 7. The number of hydrogen-bond acceptors (Lipinski definition) is 5. The van der Waals surface area contributed by atoms with Crippen molar-refractivity contribution in [3.05, 3.63) is 75.8 Å². The highest BCUT2D eigenvalue weighted by molar-refractivity contribution is 7.15. The van der Waals surface area contributed by atoms with E-state index in [1.165, 1.54) is 37.4 Å². The van der Waals surface area contributed by atoms with Crippen molar-refractivity contribution in [3.8, 4) is 10.4 Å². The van der Waals surface area contributed by atoms with Crippen LogP contribution in [0.1, 0.15) is 47.2 Å². The fourth-order valence-corrected chi connectivity index (χ4v) is 5.15. The second-order valence-corrected chi connectivity index (χ2v) is 9.91. The maximum atomic E-state index is 4.56. The molecule has 0 saturated heterocycles. The first kappa shape index (κ1) is 22.4. The summed E-state index contributed by atoms with van der Waals surface area (Å²) in [6.07, 6.45) is 0.877. The second-order valence-electron chi connectivity index (χ2n) is 8.79. The van der Waals surface area contributed by atoms with Gasteiger partial charge in [0.05, 0.1) is 11.7 Å². The molecule has 5 heteroatoms. The van der Waals surface area contributed by atoms with Gasteiger partial charge in [0.2, 0.25) is 0 Å². The third kappa shape index (κ3) is 4.54. The molecule has 166 valence electrons. The van der Waals surface area contributed by atoms with Crippen LogP contribution >= 0.6 is 11.3 Å². The number of nitrogens with one attached hydrogen (secondary N) is 1. The number of hydrogen-bond donors (Lipinski definition) is 1. The predicted octanol–water partition coefficient (Wildman–Crippen LogP) is 6.77. The Bertz CT molecular complexity index is 1240. The van der Waals surface area contributed by atoms with E-state index in [1.807, 2.05) is 11.3 Å². The largest absolute Gasteiger partial charge is 0.361 e. The van der Waals surface area contributed by atoms with Crippen molar-refractivity contribution in [3.63, 3.8) is 0 Å². The number of nitrogens with zero attached hydrogens (tertiary/aromatic N) is 3. The first-order valence-electron chi connectivity index (χ1n) is 11.2. The quantitative estimate of drug-likeness (QED) is 0.341. The molecule has 1 N–H and O–H groups in total. The van der Waals surface area contributed by atoms with Crippen LogP contribution in [0.15, 0.2) is 48.5 Å². The Morgan fingerprint density at radius 1 is 0.969 bits per heavy atom. The van der Waals surface area contributed by atoms with Crippen molar-refractivity contribution in [2.45, 2.75) is 46.7 Å². The molecule has 0 spiro atoms. The average Bonchev–Trinajstić information content (AvgIpc) is 3.25. The molecule has 1 unspecified atom stereocenters. The van der Waals surface area contributed by atoms with Crippen LogP contribution in [0.2, 0.25) is 0 Å². The summed E-state index contributed by atoms with van der Waals surface area (Å²) in [4.78, 5) is 4.80. The predicted molar refractivity (Wildman–Crippen MR) is 138 cm³/mol. The standard InChI is InChI=1S/C27H32N4S/c1-7-24-22-14-17(2)18(3)15-23(22)27(30-29-24)28-19(4)25-12-13-26(32-25)21-11-9-8-10-20(21)16-31(5)6/h8-15,19H,7,16H2,1-6H3,(H,28,30). The number of aromatic nitrogens is 2. The maximum absolute atomic E-state index is 4.56. The number of anilines is 1. The zero-order valence-corrected chi connectivity index (χ0v) is 20.7. The first-order valence-corrected chi connectivity index (χ1v) is 12.0. The zero-order chi connectivity index (χ0) is 22.8. The lowest BCUT2D eigenvalue weighted by Gasteiger charge is -2.16. The van der Waals surface area contributed by atoms with Crippen LogP contribution in [0.25, 0.3) is 21.2 Å². The van der Waals surface area contributed by atoms with Crippen LogP contribution in [-0.4, -0.2) is 29.2 Å². The molecule has 0 aliphatic heterocycles. The summed E-state index contributed by atoms with van der Waals surface area (Å²) in [5, 5.41) is 15.1. The highest BCUT2D eigenvalue weighted by atomic mass is 32.1. The van der Waals surface area contributed by atoms with Crippen LogP contribution in [-0.2, 0) is 13.0 Å². The van der Waals surface area contributed by atoms with E-state index < -0.39 is 0 Å². The smallest absolute Gasteiger partial charge is 0.157 e. The van der Waals surface area contributed by atoms with E-state index >= 15 is 0 Å². The Labute approximate surface area is 195 Å². The molecule has 2 heterocycles. The van der Waals surface area contributed by atoms with Gasteiger partial charge in [0.1, 0.15) is 0 Å². The Morgan fingerprint density at radius 2 is 1.69 bits per heavy atom. The lowest BCUT2D eigenvalue weighted by molar-refractivity contribution is 0.403. The van der Waals surface area contributed by atoms with Crippen molar-refractivity contribution >= 4 is 27.9 Å². The average molecular weight is 445 g/mol. The van der Waals surface area contributed by atoms with Gasteiger partial charge in [-0.1, -0.05) is 31.2 Å². The van der Waals surface area contributed by atoms with Gasteiger partial charge < -0.3 is 10.2 Å². The van der Waals surface area contributed by atoms with Gasteiger partial charge >= 0.3 is 0 Å². The molecule has 0 saturated carbocycles. The molecule has 2 aromatic carbocycles. The minimum atomic E-state index is 0.140. The summed E-state index contributed by atoms with van der Waals surface area (Å²) in [5.74, 6) is 0.857. The fraction of sp³-hybridized carbons (Fsp3) is 0.333. The first-order chi connectivity index (χ1) is 15.4. The topological polar surface area (TPSA) is 41.1 Å². The van der Waals surface area contributed by atoms with Gasteiger partial charge in [-0.2, -0.15) is 5.10 Å².